The van der Waals surface area contributed by atoms with Crippen molar-refractivity contribution in [1.29, 1.82) is 0 Å². The number of amides is 1. The van der Waals surface area contributed by atoms with Crippen molar-refractivity contribution in [3.8, 4) is 0 Å². The van der Waals surface area contributed by atoms with Crippen LogP contribution in [0.4, 0.5) is 0 Å². The molecule has 0 saturated carbocycles. The zero-order chi connectivity index (χ0) is 16.7. The Bertz CT molecular complexity index is 614. The third-order valence-electron chi connectivity index (χ3n) is 3.46. The zero-order valence-electron chi connectivity index (χ0n) is 12.9. The molecule has 2 rings (SSSR count). The fraction of sp³-hybridized carbons (Fsp3) is 0.294. The molecule has 1 heterocycles. The van der Waals surface area contributed by atoms with E-state index in [-0.39, 0.29) is 11.7 Å². The number of benzene rings is 1. The second kappa shape index (κ2) is 8.43. The topological polar surface area (TPSA) is 58.6 Å². The maximum absolute atomic E-state index is 12.6. The van der Waals surface area contributed by atoms with Crippen molar-refractivity contribution >= 4 is 24.5 Å². The minimum atomic E-state index is -0.604. The Morgan fingerprint density at radius 3 is 2.74 bits per heavy atom. The molecule has 0 saturated heterocycles. The van der Waals surface area contributed by atoms with Gasteiger partial charge in [0.2, 0.25) is 5.91 Å². The van der Waals surface area contributed by atoms with Crippen LogP contribution in [0.3, 0.4) is 0 Å². The highest BCUT2D eigenvalue weighted by Crippen LogP contribution is 2.12. The molecular formula is C17H20N2O3S. The lowest BCUT2D eigenvalue weighted by atomic mass is 10.1. The molecule has 0 spiro atoms. The molecular weight excluding hydrogens is 312 g/mol. The number of ether oxygens (including phenoxy) is 1. The smallest absolute Gasteiger partial charge is 0.329 e. The first kappa shape index (κ1) is 17.1. The molecule has 5 nitrogen and oxygen atoms in total. The van der Waals surface area contributed by atoms with Crippen molar-refractivity contribution < 1.29 is 14.3 Å². The van der Waals surface area contributed by atoms with Gasteiger partial charge in [-0.3, -0.25) is 9.69 Å². The van der Waals surface area contributed by atoms with E-state index in [4.69, 9.17) is 4.74 Å². The van der Waals surface area contributed by atoms with Gasteiger partial charge in [0.15, 0.2) is 0 Å². The Morgan fingerprint density at radius 2 is 2.09 bits per heavy atom. The van der Waals surface area contributed by atoms with Crippen LogP contribution in [0, 0.1) is 0 Å². The highest BCUT2D eigenvalue weighted by molar-refractivity contribution is 7.80. The molecule has 0 radical (unpaired) electrons. The molecule has 23 heavy (non-hydrogen) atoms. The van der Waals surface area contributed by atoms with E-state index >= 15 is 0 Å². The number of thiol groups is 1. The maximum Gasteiger partial charge on any atom is 0.329 e. The van der Waals surface area contributed by atoms with Crippen LogP contribution >= 0.6 is 12.6 Å². The summed E-state index contributed by atoms with van der Waals surface area (Å²) in [7, 11) is 1.33. The predicted molar refractivity (Wildman–Crippen MR) is 91.9 cm³/mol. The normalized spacial score (nSPS) is 14.9. The molecule has 1 amide bonds. The molecule has 0 bridgehead atoms. The quantitative estimate of drug-likeness (QED) is 0.613. The second-order valence-corrected chi connectivity index (χ2v) is 5.41. The Kier molecular flexibility index (Phi) is 6.29. The molecule has 0 aromatic heterocycles. The average Bonchev–Trinajstić information content (AvgIpc) is 2.60. The molecule has 6 heteroatoms. The lowest BCUT2D eigenvalue weighted by Crippen LogP contribution is -2.46. The first-order valence-electron chi connectivity index (χ1n) is 7.32. The van der Waals surface area contributed by atoms with E-state index in [9.17, 15) is 9.59 Å². The summed E-state index contributed by atoms with van der Waals surface area (Å²) < 4.78 is 4.74. The molecule has 0 fully saturated rings. The van der Waals surface area contributed by atoms with Crippen molar-refractivity contribution in [1.82, 2.24) is 10.2 Å². The van der Waals surface area contributed by atoms with E-state index in [0.29, 0.717) is 18.8 Å². The van der Waals surface area contributed by atoms with Gasteiger partial charge in [-0.15, -0.1) is 0 Å². The largest absolute Gasteiger partial charge is 0.467 e. The summed E-state index contributed by atoms with van der Waals surface area (Å²) in [6, 6.07) is 8.95. The van der Waals surface area contributed by atoms with Gasteiger partial charge in [-0.25, -0.2) is 4.79 Å². The fourth-order valence-electron chi connectivity index (χ4n) is 2.24. The third kappa shape index (κ3) is 4.63. The standard InChI is InChI=1S/C17H20N2O3S/c1-22-17(21)14(12-23)18-15-9-5-6-10-19(15)16(20)11-13-7-3-2-4-8-13/h2-9,14,18,23H,10-12H2,1H3/t14-/m1/s1. The van der Waals surface area contributed by atoms with E-state index in [2.05, 4.69) is 17.9 Å². The van der Waals surface area contributed by atoms with Crippen LogP contribution in [0.1, 0.15) is 5.56 Å². The number of nitrogens with one attached hydrogen (secondary N) is 1. The van der Waals surface area contributed by atoms with Gasteiger partial charge in [0.1, 0.15) is 11.9 Å². The first-order valence-corrected chi connectivity index (χ1v) is 7.95. The Morgan fingerprint density at radius 1 is 1.35 bits per heavy atom. The number of hydrogen-bond acceptors (Lipinski definition) is 5. The van der Waals surface area contributed by atoms with Crippen LogP contribution in [-0.2, 0) is 20.7 Å². The summed E-state index contributed by atoms with van der Waals surface area (Å²) >= 11 is 4.16. The van der Waals surface area contributed by atoms with Gasteiger partial charge >= 0.3 is 5.97 Å². The number of hydrogen-bond donors (Lipinski definition) is 2. The molecule has 1 atom stereocenters. The molecule has 1 aromatic carbocycles. The fourth-order valence-corrected chi connectivity index (χ4v) is 2.48. The van der Waals surface area contributed by atoms with Crippen molar-refractivity contribution in [2.24, 2.45) is 0 Å². The minimum Gasteiger partial charge on any atom is -0.467 e. The summed E-state index contributed by atoms with van der Waals surface area (Å²) in [6.45, 7) is 0.463. The summed E-state index contributed by atoms with van der Waals surface area (Å²) in [5.41, 5.74) is 0.949. The summed E-state index contributed by atoms with van der Waals surface area (Å²) in [4.78, 5) is 25.9. The van der Waals surface area contributed by atoms with E-state index in [0.717, 1.165) is 5.56 Å². The average molecular weight is 332 g/mol. The molecule has 0 unspecified atom stereocenters. The van der Waals surface area contributed by atoms with Crippen molar-refractivity contribution in [2.45, 2.75) is 12.5 Å². The minimum absolute atomic E-state index is 0.0397. The van der Waals surface area contributed by atoms with Crippen LogP contribution in [0.5, 0.6) is 0 Å². The van der Waals surface area contributed by atoms with E-state index < -0.39 is 12.0 Å². The van der Waals surface area contributed by atoms with Crippen LogP contribution < -0.4 is 5.32 Å². The van der Waals surface area contributed by atoms with Gasteiger partial charge in [0.05, 0.1) is 13.5 Å². The number of rotatable bonds is 6. The Labute approximate surface area is 141 Å². The van der Waals surface area contributed by atoms with Crippen molar-refractivity contribution in [3.05, 3.63) is 59.9 Å². The summed E-state index contributed by atoms with van der Waals surface area (Å²) in [5, 5.41) is 3.04. The number of allylic oxidation sites excluding steroid dienone is 2. The third-order valence-corrected chi connectivity index (χ3v) is 3.82. The number of methoxy groups -OCH3 is 1. The van der Waals surface area contributed by atoms with Gasteiger partial charge < -0.3 is 10.1 Å². The van der Waals surface area contributed by atoms with Crippen LogP contribution in [0.25, 0.3) is 0 Å². The van der Waals surface area contributed by atoms with Gasteiger partial charge in [-0.1, -0.05) is 42.5 Å². The van der Waals surface area contributed by atoms with Crippen LogP contribution in [0.2, 0.25) is 0 Å². The van der Waals surface area contributed by atoms with Crippen LogP contribution in [0.15, 0.2) is 54.4 Å². The highest BCUT2D eigenvalue weighted by atomic mass is 32.1. The number of carbonyl (C=O) groups is 2. The highest BCUT2D eigenvalue weighted by Gasteiger charge is 2.24. The predicted octanol–water partition coefficient (Wildman–Crippen LogP) is 1.53. The zero-order valence-corrected chi connectivity index (χ0v) is 13.8. The van der Waals surface area contributed by atoms with Gasteiger partial charge in [0, 0.05) is 12.3 Å². The maximum atomic E-state index is 12.6. The van der Waals surface area contributed by atoms with Gasteiger partial charge in [-0.05, 0) is 11.6 Å². The summed E-state index contributed by atoms with van der Waals surface area (Å²) in [5.74, 6) is 0.403. The van der Waals surface area contributed by atoms with Gasteiger partial charge in [-0.2, -0.15) is 12.6 Å². The number of nitrogens with zero attached hydrogens (tertiary/aromatic N) is 1. The summed E-state index contributed by atoms with van der Waals surface area (Å²) in [6.07, 6.45) is 5.81. The van der Waals surface area contributed by atoms with Crippen LogP contribution in [-0.4, -0.2) is 42.2 Å². The molecule has 0 aliphatic carbocycles. The lowest BCUT2D eigenvalue weighted by molar-refractivity contribution is -0.142. The monoisotopic (exact) mass is 332 g/mol. The molecule has 1 aliphatic rings. The number of carbonyl (C=O) groups excluding carboxylic acids is 2. The number of esters is 1. The van der Waals surface area contributed by atoms with Gasteiger partial charge in [0.25, 0.3) is 0 Å². The Hall–Kier alpha value is -2.21. The molecule has 1 N–H and O–H groups in total. The van der Waals surface area contributed by atoms with E-state index in [1.807, 2.05) is 42.5 Å². The van der Waals surface area contributed by atoms with E-state index in [1.54, 1.807) is 11.0 Å². The molecule has 1 aromatic rings. The SMILES string of the molecule is COC(=O)[C@@H](CS)NC1=CC=CCN1C(=O)Cc1ccccc1. The first-order chi connectivity index (χ1) is 11.2. The van der Waals surface area contributed by atoms with E-state index in [1.165, 1.54) is 7.11 Å². The van der Waals surface area contributed by atoms with Crippen molar-refractivity contribution in [3.63, 3.8) is 0 Å². The molecule has 122 valence electrons. The molecule has 1 aliphatic heterocycles. The second-order valence-electron chi connectivity index (χ2n) is 5.05. The van der Waals surface area contributed by atoms with Crippen molar-refractivity contribution in [2.75, 3.05) is 19.4 Å². The Balaban J connectivity index is 2.08. The lowest BCUT2D eigenvalue weighted by Gasteiger charge is -2.29.